The Morgan fingerprint density at radius 1 is 0.500 bits per heavy atom. The zero-order valence-electron chi connectivity index (χ0n) is 30.0. The minimum Gasteiger partial charge on any atom is -0.358 e. The number of hydrogen-bond donors (Lipinski definition) is 0. The molecule has 6 aromatic rings. The summed E-state index contributed by atoms with van der Waals surface area (Å²) in [6, 6.07) is 38.5. The Hall–Kier alpha value is -2.81. The minimum atomic E-state index is -2.14. The van der Waals surface area contributed by atoms with Gasteiger partial charge >= 0.3 is 25.8 Å². The number of benzene rings is 4. The minimum absolute atomic E-state index is 0. The van der Waals surface area contributed by atoms with Crippen molar-refractivity contribution in [1.82, 2.24) is 0 Å². The zero-order chi connectivity index (χ0) is 30.7. The summed E-state index contributed by atoms with van der Waals surface area (Å²) in [7, 11) is -2.14. The molecule has 2 aliphatic rings. The van der Waals surface area contributed by atoms with Gasteiger partial charge in [0.1, 0.15) is 0 Å². The molecule has 0 unspecified atom stereocenters. The molecule has 8 rings (SSSR count). The van der Waals surface area contributed by atoms with E-state index in [0.29, 0.717) is 0 Å². The van der Waals surface area contributed by atoms with Crippen molar-refractivity contribution >= 4 is 40.0 Å². The average Bonchev–Trinajstić information content (AvgIpc) is 3.88. The Morgan fingerprint density at radius 3 is 1.25 bits per heavy atom. The molecule has 0 atom stereocenters. The van der Waals surface area contributed by atoms with Gasteiger partial charge in [-0.1, -0.05) is 111 Å². The van der Waals surface area contributed by atoms with Crippen LogP contribution in [0.2, 0.25) is 11.1 Å². The van der Waals surface area contributed by atoms with E-state index in [4.69, 9.17) is 0 Å². The van der Waals surface area contributed by atoms with Crippen LogP contribution in [-0.2, 0) is 25.8 Å². The Bertz CT molecular complexity index is 1880. The van der Waals surface area contributed by atoms with Crippen molar-refractivity contribution in [3.8, 4) is 22.3 Å². The molecule has 2 heteroatoms. The van der Waals surface area contributed by atoms with Crippen LogP contribution in [0.5, 0.6) is 0 Å². The third kappa shape index (κ3) is 5.79. The van der Waals surface area contributed by atoms with Crippen molar-refractivity contribution in [2.45, 2.75) is 90.1 Å². The summed E-state index contributed by atoms with van der Waals surface area (Å²) in [6.07, 6.45) is 11.2. The third-order valence-corrected chi connectivity index (χ3v) is 18.5. The Balaban J connectivity index is 0.00000150. The summed E-state index contributed by atoms with van der Waals surface area (Å²) in [6.45, 7) is 9.10. The predicted octanol–water partition coefficient (Wildman–Crippen LogP) is 12.3. The second-order valence-corrected chi connectivity index (χ2v) is 19.0. The molecule has 0 amide bonds. The van der Waals surface area contributed by atoms with Gasteiger partial charge in [-0.05, 0) is 72.2 Å². The van der Waals surface area contributed by atoms with E-state index in [2.05, 4.69) is 125 Å². The standard InChI is InChI=1S/C44H46Si.2CH3.Hf/c1-29-13-9-21-39(31(29)3)41-23-11-15-33-25-37(27-43(33)41)45(35-17-5-6-18-35,36-19-7-8-20-36)38-26-34-16-12-24-42(44(34)28-38)40-22-10-14-30(2)32(40)4;;;/h9-16,21-28,35-36H,5-8,17-20H2,1-4H3;2*1H3;/q-2;2*-1;+4. The van der Waals surface area contributed by atoms with E-state index >= 15 is 0 Å². The van der Waals surface area contributed by atoms with Crippen LogP contribution in [0.4, 0.5) is 0 Å². The van der Waals surface area contributed by atoms with Crippen LogP contribution in [0.1, 0.15) is 73.6 Å². The number of aryl methyl sites for hydroxylation is 2. The predicted molar refractivity (Wildman–Crippen MR) is 211 cm³/mol. The molecule has 0 radical (unpaired) electrons. The molecule has 0 aliphatic heterocycles. The van der Waals surface area contributed by atoms with Crippen molar-refractivity contribution in [3.05, 3.63) is 134 Å². The van der Waals surface area contributed by atoms with Gasteiger partial charge in [0.2, 0.25) is 0 Å². The Labute approximate surface area is 310 Å². The summed E-state index contributed by atoms with van der Waals surface area (Å²) in [5.74, 6) is 0. The van der Waals surface area contributed by atoms with Crippen LogP contribution in [0.3, 0.4) is 0 Å². The summed E-state index contributed by atoms with van der Waals surface area (Å²) < 4.78 is 0. The fourth-order valence-electron chi connectivity index (χ4n) is 9.71. The number of hydrogen-bond acceptors (Lipinski definition) is 0. The summed E-state index contributed by atoms with van der Waals surface area (Å²) in [5, 5.41) is 9.23. The van der Waals surface area contributed by atoms with Crippen molar-refractivity contribution < 1.29 is 25.8 Å². The van der Waals surface area contributed by atoms with Crippen molar-refractivity contribution in [2.24, 2.45) is 0 Å². The average molecular weight is 811 g/mol. The Kier molecular flexibility index (Phi) is 11.1. The molecular weight excluding hydrogens is 759 g/mol. The maximum absolute atomic E-state index is 2.71. The first-order valence-electron chi connectivity index (χ1n) is 17.5. The van der Waals surface area contributed by atoms with E-state index < -0.39 is 8.07 Å². The van der Waals surface area contributed by atoms with Crippen LogP contribution >= 0.6 is 0 Å². The molecule has 0 saturated heterocycles. The van der Waals surface area contributed by atoms with E-state index in [1.165, 1.54) is 117 Å². The van der Waals surface area contributed by atoms with Crippen molar-refractivity contribution in [3.63, 3.8) is 0 Å². The number of rotatable bonds is 6. The maximum Gasteiger partial charge on any atom is 4.00 e. The van der Waals surface area contributed by atoms with Crippen LogP contribution in [0, 0.1) is 42.5 Å². The monoisotopic (exact) mass is 812 g/mol. The molecule has 0 nitrogen and oxygen atoms in total. The van der Waals surface area contributed by atoms with E-state index in [1.807, 2.05) is 0 Å². The van der Waals surface area contributed by atoms with Crippen LogP contribution in [-0.4, -0.2) is 8.07 Å². The van der Waals surface area contributed by atoms with E-state index in [9.17, 15) is 0 Å². The van der Waals surface area contributed by atoms with Gasteiger partial charge < -0.3 is 14.9 Å². The first-order valence-corrected chi connectivity index (χ1v) is 19.7. The largest absolute Gasteiger partial charge is 4.00 e. The van der Waals surface area contributed by atoms with Gasteiger partial charge in [-0.15, -0.1) is 68.3 Å². The maximum atomic E-state index is 2.71. The van der Waals surface area contributed by atoms with E-state index in [-0.39, 0.29) is 40.7 Å². The van der Waals surface area contributed by atoms with Gasteiger partial charge in [-0.3, -0.25) is 0 Å². The second-order valence-electron chi connectivity index (χ2n) is 14.4. The fourth-order valence-corrected chi connectivity index (χ4v) is 16.8. The SMILES string of the molecule is Cc1cccc(-c2cccc3[cH-]c([Si](c4cc5c(-c6cccc(C)c6C)cccc5[cH-]4)(C4CCCC4)C4CCCC4)cc23)c1C.[CH3-].[CH3-].[Hf+4]. The molecule has 0 spiro atoms. The first-order chi connectivity index (χ1) is 22.0. The normalized spacial score (nSPS) is 15.4. The van der Waals surface area contributed by atoms with Gasteiger partial charge in [0.25, 0.3) is 0 Å². The zero-order valence-corrected chi connectivity index (χ0v) is 34.6. The number of fused-ring (bicyclic) bond motifs is 2. The van der Waals surface area contributed by atoms with Crippen molar-refractivity contribution in [1.29, 1.82) is 0 Å². The summed E-state index contributed by atoms with van der Waals surface area (Å²) in [5.41, 5.74) is 12.8. The molecule has 0 aromatic heterocycles. The molecule has 2 fully saturated rings. The van der Waals surface area contributed by atoms with Gasteiger partial charge in [0.15, 0.2) is 0 Å². The smallest absolute Gasteiger partial charge is 0.358 e. The van der Waals surface area contributed by atoms with Gasteiger partial charge in [0, 0.05) is 0 Å². The van der Waals surface area contributed by atoms with Gasteiger partial charge in [0.05, 0.1) is 8.07 Å². The summed E-state index contributed by atoms with van der Waals surface area (Å²) in [4.78, 5) is 0. The van der Waals surface area contributed by atoms with Crippen LogP contribution < -0.4 is 10.4 Å². The first kappa shape index (κ1) is 36.5. The molecular formula is C46H52HfSi. The molecule has 6 aromatic carbocycles. The molecule has 0 heterocycles. The van der Waals surface area contributed by atoms with E-state index in [1.54, 1.807) is 10.4 Å². The quantitative estimate of drug-likeness (QED) is 0.116. The van der Waals surface area contributed by atoms with Crippen molar-refractivity contribution in [2.75, 3.05) is 0 Å². The molecule has 48 heavy (non-hydrogen) atoms. The second kappa shape index (κ2) is 14.6. The van der Waals surface area contributed by atoms with Gasteiger partial charge in [-0.25, -0.2) is 0 Å². The Morgan fingerprint density at radius 2 is 0.854 bits per heavy atom. The van der Waals surface area contributed by atoms with Crippen LogP contribution in [0.25, 0.3) is 43.8 Å². The third-order valence-electron chi connectivity index (χ3n) is 12.2. The van der Waals surface area contributed by atoms with Crippen LogP contribution in [0.15, 0.2) is 97.1 Å². The molecule has 0 bridgehead atoms. The molecule has 0 N–H and O–H groups in total. The van der Waals surface area contributed by atoms with E-state index in [0.717, 1.165) is 11.1 Å². The topological polar surface area (TPSA) is 0 Å². The fraction of sp³-hybridized carbons (Fsp3) is 0.304. The molecule has 244 valence electrons. The van der Waals surface area contributed by atoms with Gasteiger partial charge in [-0.2, -0.15) is 12.1 Å². The molecule has 2 aliphatic carbocycles. The molecule has 2 saturated carbocycles. The summed E-state index contributed by atoms with van der Waals surface area (Å²) >= 11 is 0.